The number of aliphatic hydroxyl groups excluding tert-OH is 1. The van der Waals surface area contributed by atoms with Gasteiger partial charge in [-0.25, -0.2) is 0 Å². The molecule has 3 aliphatic rings. The number of rotatable bonds is 2. The highest BCUT2D eigenvalue weighted by molar-refractivity contribution is 6.08. The molecule has 3 fully saturated rings. The lowest BCUT2D eigenvalue weighted by Crippen LogP contribution is -2.38. The Morgan fingerprint density at radius 2 is 1.84 bits per heavy atom. The van der Waals surface area contributed by atoms with Crippen LogP contribution in [0.15, 0.2) is 36.4 Å². The zero-order valence-corrected chi connectivity index (χ0v) is 13.2. The van der Waals surface area contributed by atoms with Crippen molar-refractivity contribution in [3.8, 4) is 0 Å². The maximum atomic E-state index is 13.0. The third-order valence-electron chi connectivity index (χ3n) is 5.80. The number of benzene rings is 2. The van der Waals surface area contributed by atoms with Crippen LogP contribution in [0, 0.1) is 22.0 Å². The van der Waals surface area contributed by atoms with Crippen molar-refractivity contribution in [2.45, 2.75) is 31.3 Å². The topological polar surface area (TPSA) is 92.9 Å². The predicted molar refractivity (Wildman–Crippen MR) is 89.0 cm³/mol. The molecule has 7 heteroatoms. The molecule has 2 aromatic carbocycles. The molecular weight excluding hydrogens is 324 g/mol. The first-order valence-corrected chi connectivity index (χ1v) is 8.40. The molecule has 0 aliphatic carbocycles. The average Bonchev–Trinajstić information content (AvgIpc) is 3.28. The zero-order chi connectivity index (χ0) is 17.3. The summed E-state index contributed by atoms with van der Waals surface area (Å²) in [6, 6.07) is 9.87. The van der Waals surface area contributed by atoms with E-state index in [1.165, 1.54) is 11.0 Å². The number of carbonyl (C=O) groups excluding carboxylic acids is 1. The van der Waals surface area contributed by atoms with Gasteiger partial charge in [-0.05, 0) is 25.0 Å². The maximum Gasteiger partial charge on any atom is 0.277 e. The molecule has 2 bridgehead atoms. The minimum Gasteiger partial charge on any atom is -0.374 e. The van der Waals surface area contributed by atoms with Gasteiger partial charge in [0.05, 0.1) is 34.1 Å². The Balaban J connectivity index is 1.66. The zero-order valence-electron chi connectivity index (χ0n) is 13.2. The Kier molecular flexibility index (Phi) is 2.96. The number of hydrogen-bond donors (Lipinski definition) is 1. The Morgan fingerprint density at radius 1 is 1.12 bits per heavy atom. The van der Waals surface area contributed by atoms with Crippen molar-refractivity contribution >= 4 is 28.1 Å². The summed E-state index contributed by atoms with van der Waals surface area (Å²) >= 11 is 0. The van der Waals surface area contributed by atoms with Crippen LogP contribution in [-0.2, 0) is 9.53 Å². The van der Waals surface area contributed by atoms with E-state index in [4.69, 9.17) is 4.74 Å². The smallest absolute Gasteiger partial charge is 0.277 e. The van der Waals surface area contributed by atoms with E-state index in [-0.39, 0.29) is 35.6 Å². The van der Waals surface area contributed by atoms with Crippen molar-refractivity contribution in [2.24, 2.45) is 11.8 Å². The van der Waals surface area contributed by atoms with Crippen molar-refractivity contribution < 1.29 is 19.6 Å². The molecule has 25 heavy (non-hydrogen) atoms. The molecule has 1 amide bonds. The average molecular weight is 340 g/mol. The molecule has 0 saturated carbocycles. The van der Waals surface area contributed by atoms with Gasteiger partial charge in [-0.15, -0.1) is 0 Å². The van der Waals surface area contributed by atoms with E-state index >= 15 is 0 Å². The van der Waals surface area contributed by atoms with E-state index < -0.39 is 11.2 Å². The molecule has 5 rings (SSSR count). The highest BCUT2D eigenvalue weighted by atomic mass is 16.6. The minimum atomic E-state index is -0.960. The number of aliphatic hydroxyl groups is 1. The van der Waals surface area contributed by atoms with Gasteiger partial charge < -0.3 is 9.84 Å². The molecule has 3 aliphatic heterocycles. The third kappa shape index (κ3) is 1.85. The van der Waals surface area contributed by atoms with Crippen molar-refractivity contribution in [2.75, 3.05) is 4.90 Å². The van der Waals surface area contributed by atoms with Crippen LogP contribution in [0.1, 0.15) is 12.8 Å². The van der Waals surface area contributed by atoms with Gasteiger partial charge >= 0.3 is 0 Å². The van der Waals surface area contributed by atoms with Gasteiger partial charge in [0, 0.05) is 17.4 Å². The molecule has 3 heterocycles. The van der Waals surface area contributed by atoms with Crippen LogP contribution < -0.4 is 4.90 Å². The number of amides is 1. The van der Waals surface area contributed by atoms with Gasteiger partial charge in [-0.1, -0.05) is 18.2 Å². The molecule has 1 N–H and O–H groups in total. The fourth-order valence-electron chi connectivity index (χ4n) is 4.78. The second kappa shape index (κ2) is 5.00. The predicted octanol–water partition coefficient (Wildman–Crippen LogP) is 2.21. The number of fused-ring (bicyclic) bond motifs is 6. The number of hydrogen-bond acceptors (Lipinski definition) is 5. The molecule has 5 atom stereocenters. The first-order valence-electron chi connectivity index (χ1n) is 8.40. The van der Waals surface area contributed by atoms with Crippen LogP contribution in [0.25, 0.3) is 10.8 Å². The first-order chi connectivity index (χ1) is 12.1. The van der Waals surface area contributed by atoms with E-state index in [9.17, 15) is 20.0 Å². The molecule has 128 valence electrons. The number of nitrogens with zero attached hydrogens (tertiary/aromatic N) is 2. The van der Waals surface area contributed by atoms with E-state index in [0.717, 1.165) is 12.8 Å². The Morgan fingerprint density at radius 3 is 2.56 bits per heavy atom. The lowest BCUT2D eigenvalue weighted by atomic mass is 9.81. The molecule has 0 radical (unpaired) electrons. The standard InChI is InChI=1S/C18H16N2O5/c21-17-15-13-7-8-14(25-13)16(15)18(22)19(17)11-5-6-12(20(23)24)10-4-2-1-3-9(10)11/h1-6,13-17,21H,7-8H2/t13-,14+,15-,16+,17?/m0/s1. The first kappa shape index (κ1) is 14.8. The van der Waals surface area contributed by atoms with E-state index in [1.807, 2.05) is 0 Å². The van der Waals surface area contributed by atoms with Gasteiger partial charge in [0.25, 0.3) is 5.69 Å². The monoisotopic (exact) mass is 340 g/mol. The van der Waals surface area contributed by atoms with Crippen molar-refractivity contribution in [1.82, 2.24) is 0 Å². The van der Waals surface area contributed by atoms with E-state index in [0.29, 0.717) is 16.5 Å². The second-order valence-corrected chi connectivity index (χ2v) is 6.92. The fraction of sp³-hybridized carbons (Fsp3) is 0.389. The Bertz CT molecular complexity index is 913. The molecule has 7 nitrogen and oxygen atoms in total. The molecule has 3 saturated heterocycles. The third-order valence-corrected chi connectivity index (χ3v) is 5.80. The van der Waals surface area contributed by atoms with Gasteiger partial charge in [-0.3, -0.25) is 19.8 Å². The van der Waals surface area contributed by atoms with Crippen molar-refractivity contribution in [1.29, 1.82) is 0 Å². The summed E-state index contributed by atoms with van der Waals surface area (Å²) < 4.78 is 5.81. The number of carbonyl (C=O) groups is 1. The van der Waals surface area contributed by atoms with Crippen LogP contribution >= 0.6 is 0 Å². The Labute approximate surface area is 142 Å². The normalized spacial score (nSPS) is 33.2. The van der Waals surface area contributed by atoms with Crippen LogP contribution in [0.2, 0.25) is 0 Å². The number of nitro benzene ring substituents is 1. The number of non-ortho nitro benzene ring substituents is 1. The SMILES string of the molecule is O=C1[C@H]2[C@@H](C(O)N1c1ccc([N+](=O)[O-])c3ccccc13)[C@@H]1CC[C@H]2O1. The summed E-state index contributed by atoms with van der Waals surface area (Å²) in [5.74, 6) is -0.688. The highest BCUT2D eigenvalue weighted by Gasteiger charge is 2.62. The van der Waals surface area contributed by atoms with Crippen LogP contribution in [0.3, 0.4) is 0 Å². The maximum absolute atomic E-state index is 13.0. The molecule has 0 spiro atoms. The lowest BCUT2D eigenvalue weighted by Gasteiger charge is -2.26. The molecule has 0 aromatic heterocycles. The summed E-state index contributed by atoms with van der Waals surface area (Å²) in [5.41, 5.74) is 0.511. The Hall–Kier alpha value is -2.51. The van der Waals surface area contributed by atoms with Crippen molar-refractivity contribution in [3.05, 3.63) is 46.5 Å². The number of ether oxygens (including phenoxy) is 1. The lowest BCUT2D eigenvalue weighted by molar-refractivity contribution is -0.383. The quantitative estimate of drug-likeness (QED) is 0.668. The van der Waals surface area contributed by atoms with Gasteiger partial charge in [0.15, 0.2) is 0 Å². The number of nitro groups is 1. The van der Waals surface area contributed by atoms with Gasteiger partial charge in [-0.2, -0.15) is 0 Å². The van der Waals surface area contributed by atoms with Crippen LogP contribution in [0.4, 0.5) is 11.4 Å². The fourth-order valence-corrected chi connectivity index (χ4v) is 4.78. The summed E-state index contributed by atoms with van der Waals surface area (Å²) in [6.45, 7) is 0. The highest BCUT2D eigenvalue weighted by Crippen LogP contribution is 2.52. The molecular formula is C18H16N2O5. The van der Waals surface area contributed by atoms with E-state index in [1.54, 1.807) is 30.3 Å². The summed E-state index contributed by atoms with van der Waals surface area (Å²) in [7, 11) is 0. The minimum absolute atomic E-state index is 0.0101. The molecule has 2 aromatic rings. The van der Waals surface area contributed by atoms with Crippen LogP contribution in [0.5, 0.6) is 0 Å². The van der Waals surface area contributed by atoms with Gasteiger partial charge in [0.1, 0.15) is 6.23 Å². The molecule has 1 unspecified atom stereocenters. The summed E-state index contributed by atoms with van der Waals surface area (Å²) in [6.07, 6.45) is 0.553. The second-order valence-electron chi connectivity index (χ2n) is 6.92. The van der Waals surface area contributed by atoms with E-state index in [2.05, 4.69) is 0 Å². The van der Waals surface area contributed by atoms with Gasteiger partial charge in [0.2, 0.25) is 5.91 Å². The number of anilines is 1. The summed E-state index contributed by atoms with van der Waals surface area (Å²) in [4.78, 5) is 25.3. The van der Waals surface area contributed by atoms with Crippen LogP contribution in [-0.4, -0.2) is 34.4 Å². The summed E-state index contributed by atoms with van der Waals surface area (Å²) in [5, 5.41) is 23.2. The van der Waals surface area contributed by atoms with Crippen molar-refractivity contribution in [3.63, 3.8) is 0 Å². The largest absolute Gasteiger partial charge is 0.374 e.